The van der Waals surface area contributed by atoms with Gasteiger partial charge in [0.15, 0.2) is 6.61 Å². The number of amides is 1. The quantitative estimate of drug-likeness (QED) is 0.847. The second-order valence-corrected chi connectivity index (χ2v) is 5.22. The molecule has 1 aromatic rings. The zero-order chi connectivity index (χ0) is 15.3. The van der Waals surface area contributed by atoms with E-state index in [2.05, 4.69) is 5.32 Å². The number of carbonyl (C=O) groups excluding carboxylic acids is 2. The predicted molar refractivity (Wildman–Crippen MR) is 73.5 cm³/mol. The highest BCUT2D eigenvalue weighted by atomic mass is 35.5. The SMILES string of the molecule is Cc1cc(OCC(=O)N[C@@H](C(=O)[O-])C(C)C)ccc1Cl. The molecule has 1 rings (SSSR count). The van der Waals surface area contributed by atoms with Crippen molar-refractivity contribution in [3.05, 3.63) is 28.8 Å². The number of rotatable bonds is 6. The van der Waals surface area contributed by atoms with Crippen LogP contribution in [0, 0.1) is 12.8 Å². The van der Waals surface area contributed by atoms with E-state index in [1.165, 1.54) is 0 Å². The fourth-order valence-electron chi connectivity index (χ4n) is 1.57. The van der Waals surface area contributed by atoms with Crippen LogP contribution in [-0.2, 0) is 9.59 Å². The molecule has 0 saturated heterocycles. The number of ether oxygens (including phenoxy) is 1. The number of aryl methyl sites for hydroxylation is 1. The topological polar surface area (TPSA) is 78.5 Å². The summed E-state index contributed by atoms with van der Waals surface area (Å²) in [6.07, 6.45) is 0. The number of nitrogens with one attached hydrogen (secondary N) is 1. The van der Waals surface area contributed by atoms with Crippen molar-refractivity contribution < 1.29 is 19.4 Å². The van der Waals surface area contributed by atoms with E-state index in [1.807, 2.05) is 6.92 Å². The van der Waals surface area contributed by atoms with Crippen molar-refractivity contribution in [3.8, 4) is 5.75 Å². The van der Waals surface area contributed by atoms with Crippen molar-refractivity contribution in [1.29, 1.82) is 0 Å². The summed E-state index contributed by atoms with van der Waals surface area (Å²) in [5.41, 5.74) is 0.833. The first-order valence-electron chi connectivity index (χ1n) is 6.20. The fraction of sp³-hybridized carbons (Fsp3) is 0.429. The molecule has 1 N–H and O–H groups in total. The first-order valence-corrected chi connectivity index (χ1v) is 6.58. The van der Waals surface area contributed by atoms with Crippen LogP contribution in [0.1, 0.15) is 19.4 Å². The molecule has 0 aliphatic carbocycles. The predicted octanol–water partition coefficient (Wildman–Crippen LogP) is 0.918. The van der Waals surface area contributed by atoms with Crippen LogP contribution in [-0.4, -0.2) is 24.5 Å². The van der Waals surface area contributed by atoms with Crippen molar-refractivity contribution in [3.63, 3.8) is 0 Å². The maximum atomic E-state index is 11.6. The van der Waals surface area contributed by atoms with Crippen LogP contribution < -0.4 is 15.2 Å². The third-order valence-electron chi connectivity index (χ3n) is 2.74. The molecule has 110 valence electrons. The molecule has 0 saturated carbocycles. The van der Waals surface area contributed by atoms with Crippen LogP contribution in [0.2, 0.25) is 5.02 Å². The molecule has 0 heterocycles. The van der Waals surface area contributed by atoms with Gasteiger partial charge in [-0.05, 0) is 36.6 Å². The summed E-state index contributed by atoms with van der Waals surface area (Å²) in [4.78, 5) is 22.5. The minimum Gasteiger partial charge on any atom is -0.548 e. The molecular weight excluding hydrogens is 282 g/mol. The fourth-order valence-corrected chi connectivity index (χ4v) is 1.69. The molecule has 5 nitrogen and oxygen atoms in total. The van der Waals surface area contributed by atoms with Crippen LogP contribution in [0.25, 0.3) is 0 Å². The Kier molecular flexibility index (Phi) is 5.82. The van der Waals surface area contributed by atoms with Gasteiger partial charge in [-0.2, -0.15) is 0 Å². The zero-order valence-corrected chi connectivity index (χ0v) is 12.4. The molecule has 0 unspecified atom stereocenters. The van der Waals surface area contributed by atoms with Gasteiger partial charge in [0.1, 0.15) is 5.75 Å². The van der Waals surface area contributed by atoms with Gasteiger partial charge < -0.3 is 20.0 Å². The Morgan fingerprint density at radius 2 is 2.05 bits per heavy atom. The van der Waals surface area contributed by atoms with Gasteiger partial charge in [0.2, 0.25) is 0 Å². The molecule has 0 fully saturated rings. The van der Waals surface area contributed by atoms with Gasteiger partial charge in [0, 0.05) is 5.02 Å². The van der Waals surface area contributed by atoms with Gasteiger partial charge in [-0.25, -0.2) is 0 Å². The van der Waals surface area contributed by atoms with Gasteiger partial charge in [-0.1, -0.05) is 25.4 Å². The van der Waals surface area contributed by atoms with E-state index in [0.29, 0.717) is 10.8 Å². The molecule has 1 amide bonds. The molecule has 0 aliphatic rings. The molecule has 0 bridgehead atoms. The van der Waals surface area contributed by atoms with Crippen LogP contribution in [0.4, 0.5) is 0 Å². The lowest BCUT2D eigenvalue weighted by Crippen LogP contribution is -2.51. The van der Waals surface area contributed by atoms with Crippen LogP contribution in [0.5, 0.6) is 5.75 Å². The average Bonchev–Trinajstić information content (AvgIpc) is 2.36. The highest BCUT2D eigenvalue weighted by Gasteiger charge is 2.17. The molecule has 1 atom stereocenters. The summed E-state index contributed by atoms with van der Waals surface area (Å²) in [6, 6.07) is 3.98. The molecular formula is C14H17ClNO4-. The maximum Gasteiger partial charge on any atom is 0.258 e. The monoisotopic (exact) mass is 298 g/mol. The van der Waals surface area contributed by atoms with Crippen molar-refractivity contribution in [2.24, 2.45) is 5.92 Å². The Bertz CT molecular complexity index is 502. The van der Waals surface area contributed by atoms with Gasteiger partial charge in [-0.3, -0.25) is 4.79 Å². The number of halogens is 1. The van der Waals surface area contributed by atoms with E-state index < -0.39 is 17.9 Å². The molecule has 0 spiro atoms. The number of carboxylic acid groups (broad SMARTS) is 1. The minimum absolute atomic E-state index is 0.262. The van der Waals surface area contributed by atoms with E-state index in [9.17, 15) is 14.7 Å². The Morgan fingerprint density at radius 3 is 2.55 bits per heavy atom. The number of benzene rings is 1. The lowest BCUT2D eigenvalue weighted by molar-refractivity contribution is -0.309. The van der Waals surface area contributed by atoms with Crippen molar-refractivity contribution >= 4 is 23.5 Å². The molecule has 0 aliphatic heterocycles. The number of hydrogen-bond acceptors (Lipinski definition) is 4. The highest BCUT2D eigenvalue weighted by molar-refractivity contribution is 6.31. The summed E-state index contributed by atoms with van der Waals surface area (Å²) in [5.74, 6) is -1.59. The first kappa shape index (κ1) is 16.3. The average molecular weight is 299 g/mol. The Labute approximate surface area is 122 Å². The highest BCUT2D eigenvalue weighted by Crippen LogP contribution is 2.20. The molecule has 0 aromatic heterocycles. The number of hydrogen-bond donors (Lipinski definition) is 1. The van der Waals surface area contributed by atoms with Crippen LogP contribution >= 0.6 is 11.6 Å². The van der Waals surface area contributed by atoms with E-state index in [-0.39, 0.29) is 12.5 Å². The normalized spacial score (nSPS) is 12.1. The van der Waals surface area contributed by atoms with Gasteiger partial charge >= 0.3 is 0 Å². The van der Waals surface area contributed by atoms with Crippen molar-refractivity contribution in [2.75, 3.05) is 6.61 Å². The van der Waals surface area contributed by atoms with Gasteiger partial charge in [0.25, 0.3) is 5.91 Å². The van der Waals surface area contributed by atoms with E-state index in [1.54, 1.807) is 32.0 Å². The van der Waals surface area contributed by atoms with Crippen molar-refractivity contribution in [2.45, 2.75) is 26.8 Å². The molecule has 1 aromatic carbocycles. The summed E-state index contributed by atoms with van der Waals surface area (Å²) in [7, 11) is 0. The standard InChI is InChI=1S/C14H18ClNO4/c1-8(2)13(14(18)19)16-12(17)7-20-10-4-5-11(15)9(3)6-10/h4-6,8,13H,7H2,1-3H3,(H,16,17)(H,18,19)/p-1/t13-/m1/s1. The Hall–Kier alpha value is -1.75. The summed E-state index contributed by atoms with van der Waals surface area (Å²) in [5, 5.41) is 13.8. The lowest BCUT2D eigenvalue weighted by Gasteiger charge is -2.23. The Balaban J connectivity index is 2.54. The van der Waals surface area contributed by atoms with Crippen LogP contribution in [0.3, 0.4) is 0 Å². The maximum absolute atomic E-state index is 11.6. The van der Waals surface area contributed by atoms with Gasteiger partial charge in [-0.15, -0.1) is 0 Å². The van der Waals surface area contributed by atoms with E-state index >= 15 is 0 Å². The lowest BCUT2D eigenvalue weighted by atomic mass is 10.1. The molecule has 0 radical (unpaired) electrons. The smallest absolute Gasteiger partial charge is 0.258 e. The second-order valence-electron chi connectivity index (χ2n) is 4.81. The van der Waals surface area contributed by atoms with Gasteiger partial charge in [0.05, 0.1) is 12.0 Å². The van der Waals surface area contributed by atoms with E-state index in [4.69, 9.17) is 16.3 Å². The third-order valence-corrected chi connectivity index (χ3v) is 3.16. The van der Waals surface area contributed by atoms with E-state index in [0.717, 1.165) is 5.56 Å². The second kappa shape index (κ2) is 7.14. The first-order chi connectivity index (χ1) is 9.31. The zero-order valence-electron chi connectivity index (χ0n) is 11.6. The summed E-state index contributed by atoms with van der Waals surface area (Å²) >= 11 is 5.87. The molecule has 6 heteroatoms. The summed E-state index contributed by atoms with van der Waals surface area (Å²) in [6.45, 7) is 4.92. The Morgan fingerprint density at radius 1 is 1.40 bits per heavy atom. The molecule has 20 heavy (non-hydrogen) atoms. The minimum atomic E-state index is -1.31. The van der Waals surface area contributed by atoms with Crippen molar-refractivity contribution in [1.82, 2.24) is 5.32 Å². The largest absolute Gasteiger partial charge is 0.548 e. The number of aliphatic carboxylic acids is 1. The summed E-state index contributed by atoms with van der Waals surface area (Å²) < 4.78 is 5.28. The number of carboxylic acids is 1. The van der Waals surface area contributed by atoms with Crippen LogP contribution in [0.15, 0.2) is 18.2 Å². The third kappa shape index (κ3) is 4.74. The number of carbonyl (C=O) groups is 2.